The normalized spacial score (nSPS) is 50.6. The second kappa shape index (κ2) is 8.66. The lowest BCUT2D eigenvalue weighted by Gasteiger charge is -2.57. The van der Waals surface area contributed by atoms with Gasteiger partial charge < -0.3 is 29.5 Å². The molecule has 5 aliphatic rings. The third-order valence-corrected chi connectivity index (χ3v) is 10.1. The highest BCUT2D eigenvalue weighted by atomic mass is 16.7. The Kier molecular flexibility index (Phi) is 6.21. The van der Waals surface area contributed by atoms with E-state index in [2.05, 4.69) is 24.7 Å². The van der Waals surface area contributed by atoms with Crippen molar-refractivity contribution in [2.75, 3.05) is 7.11 Å². The lowest BCUT2D eigenvalue weighted by molar-refractivity contribution is -0.306. The Labute approximate surface area is 200 Å². The highest BCUT2D eigenvalue weighted by Gasteiger charge is 2.59. The Hall–Kier alpha value is -1.32. The van der Waals surface area contributed by atoms with Gasteiger partial charge in [0.1, 0.15) is 24.1 Å². The van der Waals surface area contributed by atoms with Gasteiger partial charge in [-0.25, -0.2) is 4.79 Å². The molecule has 34 heavy (non-hydrogen) atoms. The van der Waals surface area contributed by atoms with Crippen molar-refractivity contribution in [1.82, 2.24) is 0 Å². The number of ketones is 1. The van der Waals surface area contributed by atoms with E-state index in [0.29, 0.717) is 30.0 Å². The molecule has 1 aliphatic heterocycles. The fourth-order valence-electron chi connectivity index (χ4n) is 7.98. The quantitative estimate of drug-likeness (QED) is 0.415. The molecule has 190 valence electrons. The summed E-state index contributed by atoms with van der Waals surface area (Å²) >= 11 is 0. The van der Waals surface area contributed by atoms with E-state index in [1.165, 1.54) is 12.7 Å². The molecule has 5 rings (SSSR count). The van der Waals surface area contributed by atoms with Gasteiger partial charge in [0.2, 0.25) is 0 Å². The number of carbonyl (C=O) groups excluding carboxylic acids is 2. The van der Waals surface area contributed by atoms with Gasteiger partial charge in [-0.3, -0.25) is 4.79 Å². The maximum absolute atomic E-state index is 12.6. The van der Waals surface area contributed by atoms with Crippen LogP contribution in [0.1, 0.15) is 65.2 Å². The Bertz CT molecular complexity index is 871. The largest absolute Gasteiger partial charge is 0.467 e. The van der Waals surface area contributed by atoms with Crippen molar-refractivity contribution in [1.29, 1.82) is 0 Å². The average molecular weight is 479 g/mol. The number of ether oxygens (including phenoxy) is 3. The minimum absolute atomic E-state index is 0.0754. The van der Waals surface area contributed by atoms with Crippen LogP contribution >= 0.6 is 0 Å². The summed E-state index contributed by atoms with van der Waals surface area (Å²) in [6.07, 6.45) is 2.09. The van der Waals surface area contributed by atoms with Crippen molar-refractivity contribution >= 4 is 11.8 Å². The van der Waals surface area contributed by atoms with E-state index in [-0.39, 0.29) is 16.9 Å². The number of aliphatic hydroxyl groups is 3. The number of esters is 1. The van der Waals surface area contributed by atoms with Crippen molar-refractivity contribution in [3.8, 4) is 0 Å². The summed E-state index contributed by atoms with van der Waals surface area (Å²) in [6.45, 7) is 4.56. The van der Waals surface area contributed by atoms with E-state index in [4.69, 9.17) is 9.47 Å². The zero-order valence-electron chi connectivity index (χ0n) is 20.3. The van der Waals surface area contributed by atoms with E-state index in [0.717, 1.165) is 44.9 Å². The number of carbonyl (C=O) groups is 2. The van der Waals surface area contributed by atoms with Crippen LogP contribution in [-0.2, 0) is 23.8 Å². The third-order valence-electron chi connectivity index (χ3n) is 10.1. The zero-order valence-corrected chi connectivity index (χ0v) is 20.3. The number of aliphatic hydroxyl groups excluding tert-OH is 3. The Balaban J connectivity index is 1.29. The molecular weight excluding hydrogens is 440 g/mol. The van der Waals surface area contributed by atoms with Gasteiger partial charge in [-0.05, 0) is 68.1 Å². The van der Waals surface area contributed by atoms with Crippen LogP contribution < -0.4 is 0 Å². The molecule has 11 atom stereocenters. The number of rotatable bonds is 3. The van der Waals surface area contributed by atoms with Crippen LogP contribution in [0.4, 0.5) is 0 Å². The maximum Gasteiger partial charge on any atom is 0.337 e. The van der Waals surface area contributed by atoms with Gasteiger partial charge in [0, 0.05) is 11.8 Å². The second-order valence-electron chi connectivity index (χ2n) is 11.6. The van der Waals surface area contributed by atoms with E-state index >= 15 is 0 Å². The van der Waals surface area contributed by atoms with Gasteiger partial charge in [0.05, 0.1) is 13.2 Å². The van der Waals surface area contributed by atoms with E-state index in [1.807, 2.05) is 0 Å². The predicted octanol–water partition coefficient (Wildman–Crippen LogP) is 1.88. The maximum atomic E-state index is 12.6. The van der Waals surface area contributed by atoms with E-state index in [1.54, 1.807) is 0 Å². The summed E-state index contributed by atoms with van der Waals surface area (Å²) in [7, 11) is 1.17. The number of hydrogen-bond acceptors (Lipinski definition) is 8. The summed E-state index contributed by atoms with van der Waals surface area (Å²) in [6, 6.07) is 0. The number of allylic oxidation sites excluding steroid dienone is 1. The molecule has 0 radical (unpaired) electrons. The van der Waals surface area contributed by atoms with Crippen LogP contribution in [-0.4, -0.2) is 71.0 Å². The van der Waals surface area contributed by atoms with Gasteiger partial charge in [0.15, 0.2) is 12.4 Å². The van der Waals surface area contributed by atoms with Crippen molar-refractivity contribution in [2.45, 2.75) is 102 Å². The summed E-state index contributed by atoms with van der Waals surface area (Å²) in [5, 5.41) is 30.8. The molecule has 8 heteroatoms. The Morgan fingerprint density at radius 2 is 1.74 bits per heavy atom. The van der Waals surface area contributed by atoms with Crippen molar-refractivity contribution in [3.63, 3.8) is 0 Å². The lowest BCUT2D eigenvalue weighted by Crippen LogP contribution is -2.61. The van der Waals surface area contributed by atoms with Gasteiger partial charge >= 0.3 is 5.97 Å². The van der Waals surface area contributed by atoms with Crippen LogP contribution in [0, 0.1) is 28.6 Å². The minimum atomic E-state index is -1.59. The summed E-state index contributed by atoms with van der Waals surface area (Å²) < 4.78 is 16.3. The molecule has 3 saturated carbocycles. The smallest absolute Gasteiger partial charge is 0.337 e. The monoisotopic (exact) mass is 478 g/mol. The minimum Gasteiger partial charge on any atom is -0.467 e. The summed E-state index contributed by atoms with van der Waals surface area (Å²) in [5.41, 5.74) is 1.30. The molecule has 0 aromatic heterocycles. The predicted molar refractivity (Wildman–Crippen MR) is 120 cm³/mol. The van der Waals surface area contributed by atoms with Gasteiger partial charge in [-0.2, -0.15) is 0 Å². The molecule has 0 aromatic rings. The van der Waals surface area contributed by atoms with Gasteiger partial charge in [-0.1, -0.05) is 25.5 Å². The Morgan fingerprint density at radius 1 is 1.03 bits per heavy atom. The number of Topliss-reactive ketones (excluding diaryl/α,β-unsaturated/α-hetero) is 1. The fraction of sp³-hybridized carbons (Fsp3) is 0.846. The molecule has 8 nitrogen and oxygen atoms in total. The van der Waals surface area contributed by atoms with Crippen molar-refractivity contribution < 1.29 is 39.1 Å². The molecule has 4 fully saturated rings. The molecule has 1 saturated heterocycles. The van der Waals surface area contributed by atoms with Crippen LogP contribution in [0.5, 0.6) is 0 Å². The number of hydrogen-bond donors (Lipinski definition) is 3. The summed E-state index contributed by atoms with van der Waals surface area (Å²) in [5.74, 6) is 1.24. The Morgan fingerprint density at radius 3 is 2.47 bits per heavy atom. The van der Waals surface area contributed by atoms with Crippen molar-refractivity contribution in [3.05, 3.63) is 11.6 Å². The first kappa shape index (κ1) is 24.4. The SMILES string of the molecule is COC(=O)[C@H]1O[C@@H](O[C@@H]2CC[C@@]3(C)C(=CCC4C3CC[C@]3(C)C(=O)CCC43)C2)[C@H](O)[C@@H](O)[C@@H]1O. The first-order valence-electron chi connectivity index (χ1n) is 12.8. The summed E-state index contributed by atoms with van der Waals surface area (Å²) in [4.78, 5) is 24.6. The molecule has 3 N–H and O–H groups in total. The molecule has 0 aromatic carbocycles. The highest BCUT2D eigenvalue weighted by molar-refractivity contribution is 5.87. The molecule has 0 bridgehead atoms. The van der Waals surface area contributed by atoms with Crippen LogP contribution in [0.25, 0.3) is 0 Å². The molecule has 3 unspecified atom stereocenters. The van der Waals surface area contributed by atoms with Gasteiger partial charge in [0.25, 0.3) is 0 Å². The van der Waals surface area contributed by atoms with Crippen LogP contribution in [0.3, 0.4) is 0 Å². The van der Waals surface area contributed by atoms with E-state index < -0.39 is 36.7 Å². The molecular formula is C26H38O8. The zero-order chi connectivity index (χ0) is 24.4. The lowest BCUT2D eigenvalue weighted by atomic mass is 9.48. The van der Waals surface area contributed by atoms with Crippen LogP contribution in [0.15, 0.2) is 11.6 Å². The molecule has 4 aliphatic carbocycles. The standard InChI is InChI=1S/C26H38O8/c1-25-10-8-14(33-24-21(30)19(28)20(29)22(34-24)23(31)32-3)12-13(25)4-5-15-16-6-7-18(27)26(16,2)11-9-17(15)25/h4,14-17,19-22,24,28-30H,5-12H2,1-3H3/t14-,15?,16?,17?,19+,20+,21-,22+,24-,25+,26+/m1/s1. The fourth-order valence-corrected chi connectivity index (χ4v) is 7.98. The molecule has 1 heterocycles. The second-order valence-corrected chi connectivity index (χ2v) is 11.6. The topological polar surface area (TPSA) is 123 Å². The first-order valence-corrected chi connectivity index (χ1v) is 12.8. The number of fused-ring (bicyclic) bond motifs is 5. The van der Waals surface area contributed by atoms with Crippen molar-refractivity contribution in [2.24, 2.45) is 28.6 Å². The van der Waals surface area contributed by atoms with E-state index in [9.17, 15) is 24.9 Å². The van der Waals surface area contributed by atoms with Gasteiger partial charge in [-0.15, -0.1) is 0 Å². The first-order chi connectivity index (χ1) is 16.1. The highest BCUT2D eigenvalue weighted by Crippen LogP contribution is 2.64. The molecule has 0 amide bonds. The van der Waals surface area contributed by atoms with Crippen LogP contribution in [0.2, 0.25) is 0 Å². The number of methoxy groups -OCH3 is 1. The third kappa shape index (κ3) is 3.60. The average Bonchev–Trinajstić information content (AvgIpc) is 3.13. The molecule has 0 spiro atoms.